The van der Waals surface area contributed by atoms with Crippen molar-refractivity contribution < 1.29 is 13.9 Å². The molecule has 0 saturated heterocycles. The zero-order chi connectivity index (χ0) is 18.4. The highest BCUT2D eigenvalue weighted by Gasteiger charge is 2.45. The molecule has 27 heavy (non-hydrogen) atoms. The van der Waals surface area contributed by atoms with E-state index in [9.17, 15) is 4.39 Å². The molecule has 1 aromatic heterocycles. The number of methoxy groups -OCH3 is 1. The van der Waals surface area contributed by atoms with Gasteiger partial charge in [0, 0.05) is 40.9 Å². The fourth-order valence-electron chi connectivity index (χ4n) is 3.54. The number of aliphatic imine (C=N–C) groups is 1. The SMILES string of the molecule is COc1cc(F)c2c(c1)[C@]1(CSC=N1)c1cc(-c3cncnc3)ccc1O2. The van der Waals surface area contributed by atoms with Gasteiger partial charge in [0.1, 0.15) is 23.4 Å². The maximum atomic E-state index is 14.7. The molecule has 7 heteroatoms. The molecule has 0 fully saturated rings. The molecule has 2 aromatic carbocycles. The highest BCUT2D eigenvalue weighted by atomic mass is 32.2. The quantitative estimate of drug-likeness (QED) is 0.660. The second-order valence-electron chi connectivity index (χ2n) is 6.33. The van der Waals surface area contributed by atoms with Crippen LogP contribution in [0, 0.1) is 5.82 Å². The van der Waals surface area contributed by atoms with Crippen LogP contribution in [0.4, 0.5) is 4.39 Å². The summed E-state index contributed by atoms with van der Waals surface area (Å²) in [7, 11) is 1.52. The second-order valence-corrected chi connectivity index (χ2v) is 7.16. The summed E-state index contributed by atoms with van der Waals surface area (Å²) in [6.07, 6.45) is 5.01. The van der Waals surface area contributed by atoms with Gasteiger partial charge in [-0.25, -0.2) is 14.4 Å². The molecule has 134 valence electrons. The number of rotatable bonds is 2. The van der Waals surface area contributed by atoms with Gasteiger partial charge >= 0.3 is 0 Å². The van der Waals surface area contributed by atoms with Crippen molar-refractivity contribution in [3.8, 4) is 28.4 Å². The summed E-state index contributed by atoms with van der Waals surface area (Å²) in [5.74, 6) is 1.46. The molecule has 2 aliphatic rings. The van der Waals surface area contributed by atoms with E-state index in [1.807, 2.05) is 29.8 Å². The second kappa shape index (κ2) is 6.06. The van der Waals surface area contributed by atoms with Gasteiger partial charge in [-0.2, -0.15) is 0 Å². The summed E-state index contributed by atoms with van der Waals surface area (Å²) in [5, 5.41) is 0. The van der Waals surface area contributed by atoms with E-state index in [-0.39, 0.29) is 5.75 Å². The third-order valence-electron chi connectivity index (χ3n) is 4.87. The van der Waals surface area contributed by atoms with Crippen molar-refractivity contribution in [3.63, 3.8) is 0 Å². The van der Waals surface area contributed by atoms with Crippen LogP contribution in [0.3, 0.4) is 0 Å². The molecule has 1 spiro atoms. The van der Waals surface area contributed by atoms with E-state index < -0.39 is 11.4 Å². The standard InChI is InChI=1S/C20H14FN3O2S/c1-25-14-5-16-19(17(21)6-14)26-18-3-2-12(13-7-22-10-23-8-13)4-15(18)20(16)9-27-11-24-20/h2-8,10-11H,9H2,1H3/t20-/m0/s1. The Morgan fingerprint density at radius 1 is 1.11 bits per heavy atom. The van der Waals surface area contributed by atoms with E-state index in [0.29, 0.717) is 22.8 Å². The van der Waals surface area contributed by atoms with Crippen LogP contribution in [0.15, 0.2) is 54.0 Å². The molecule has 0 saturated carbocycles. The predicted molar refractivity (Wildman–Crippen MR) is 102 cm³/mol. The van der Waals surface area contributed by atoms with Gasteiger partial charge in [-0.3, -0.25) is 4.99 Å². The number of fused-ring (bicyclic) bond motifs is 4. The topological polar surface area (TPSA) is 56.6 Å². The van der Waals surface area contributed by atoms with Crippen LogP contribution >= 0.6 is 11.8 Å². The van der Waals surface area contributed by atoms with Gasteiger partial charge in [0.15, 0.2) is 11.6 Å². The number of hydrogen-bond donors (Lipinski definition) is 0. The smallest absolute Gasteiger partial charge is 0.169 e. The summed E-state index contributed by atoms with van der Waals surface area (Å²) < 4.78 is 25.9. The average Bonchev–Trinajstić information content (AvgIpc) is 3.20. The van der Waals surface area contributed by atoms with Crippen molar-refractivity contribution in [2.45, 2.75) is 5.54 Å². The fourth-order valence-corrected chi connectivity index (χ4v) is 4.50. The van der Waals surface area contributed by atoms with E-state index in [0.717, 1.165) is 16.7 Å². The van der Waals surface area contributed by atoms with E-state index >= 15 is 0 Å². The minimum atomic E-state index is -0.714. The van der Waals surface area contributed by atoms with Crippen molar-refractivity contribution >= 4 is 17.3 Å². The van der Waals surface area contributed by atoms with Gasteiger partial charge in [0.05, 0.1) is 12.7 Å². The molecular weight excluding hydrogens is 365 g/mol. The first kappa shape index (κ1) is 16.3. The molecule has 5 rings (SSSR count). The highest BCUT2D eigenvalue weighted by Crippen LogP contribution is 2.54. The summed E-state index contributed by atoms with van der Waals surface area (Å²) in [6.45, 7) is 0. The monoisotopic (exact) mass is 379 g/mol. The fraction of sp³-hybridized carbons (Fsp3) is 0.150. The van der Waals surface area contributed by atoms with E-state index in [4.69, 9.17) is 14.5 Å². The number of thioether (sulfide) groups is 1. The minimum Gasteiger partial charge on any atom is -0.497 e. The summed E-state index contributed by atoms with van der Waals surface area (Å²) in [4.78, 5) is 12.9. The number of nitrogens with zero attached hydrogens (tertiary/aromatic N) is 3. The van der Waals surface area contributed by atoms with Gasteiger partial charge < -0.3 is 9.47 Å². The van der Waals surface area contributed by atoms with E-state index in [1.165, 1.54) is 19.5 Å². The van der Waals surface area contributed by atoms with Crippen molar-refractivity contribution in [2.24, 2.45) is 4.99 Å². The van der Waals surface area contributed by atoms with Crippen molar-refractivity contribution in [3.05, 3.63) is 66.0 Å². The third kappa shape index (κ3) is 2.42. The van der Waals surface area contributed by atoms with Crippen LogP contribution in [0.1, 0.15) is 11.1 Å². The Hall–Kier alpha value is -2.93. The molecule has 3 aromatic rings. The molecule has 3 heterocycles. The number of ether oxygens (including phenoxy) is 2. The largest absolute Gasteiger partial charge is 0.497 e. The van der Waals surface area contributed by atoms with Gasteiger partial charge in [0.25, 0.3) is 0 Å². The normalized spacial score (nSPS) is 19.5. The molecule has 2 aliphatic heterocycles. The Bertz CT molecular complexity index is 1070. The van der Waals surface area contributed by atoms with Gasteiger partial charge in [0.2, 0.25) is 0 Å². The van der Waals surface area contributed by atoms with Crippen LogP contribution in [-0.4, -0.2) is 28.4 Å². The maximum absolute atomic E-state index is 14.7. The van der Waals surface area contributed by atoms with Crippen molar-refractivity contribution in [1.29, 1.82) is 0 Å². The highest BCUT2D eigenvalue weighted by molar-refractivity contribution is 8.12. The third-order valence-corrected chi connectivity index (χ3v) is 5.71. The minimum absolute atomic E-state index is 0.207. The lowest BCUT2D eigenvalue weighted by molar-refractivity contribution is 0.374. The zero-order valence-electron chi connectivity index (χ0n) is 14.3. The van der Waals surface area contributed by atoms with Crippen LogP contribution in [0.25, 0.3) is 11.1 Å². The number of halogens is 1. The molecule has 1 atom stereocenters. The lowest BCUT2D eigenvalue weighted by atomic mass is 9.81. The summed E-state index contributed by atoms with van der Waals surface area (Å²) in [5.41, 5.74) is 4.52. The van der Waals surface area contributed by atoms with Crippen LogP contribution in [0.2, 0.25) is 0 Å². The lowest BCUT2D eigenvalue weighted by Crippen LogP contribution is -2.30. The first-order chi connectivity index (χ1) is 13.2. The predicted octanol–water partition coefficient (Wildman–Crippen LogP) is 4.42. The average molecular weight is 379 g/mol. The lowest BCUT2D eigenvalue weighted by Gasteiger charge is -2.35. The number of hydrogen-bond acceptors (Lipinski definition) is 6. The Labute approximate surface area is 159 Å². The van der Waals surface area contributed by atoms with E-state index in [2.05, 4.69) is 9.97 Å². The first-order valence-corrected chi connectivity index (χ1v) is 9.37. The Morgan fingerprint density at radius 2 is 1.96 bits per heavy atom. The van der Waals surface area contributed by atoms with Crippen molar-refractivity contribution in [2.75, 3.05) is 12.9 Å². The van der Waals surface area contributed by atoms with E-state index in [1.54, 1.807) is 24.2 Å². The molecule has 0 unspecified atom stereocenters. The van der Waals surface area contributed by atoms with Gasteiger partial charge in [-0.05, 0) is 23.8 Å². The number of benzene rings is 2. The molecule has 0 amide bonds. The Morgan fingerprint density at radius 3 is 2.70 bits per heavy atom. The molecule has 0 N–H and O–H groups in total. The number of aromatic nitrogens is 2. The molecule has 0 bridgehead atoms. The zero-order valence-corrected chi connectivity index (χ0v) is 15.2. The Kier molecular flexibility index (Phi) is 3.65. The van der Waals surface area contributed by atoms with Gasteiger partial charge in [-0.1, -0.05) is 6.07 Å². The molecule has 5 nitrogen and oxygen atoms in total. The maximum Gasteiger partial charge on any atom is 0.169 e. The van der Waals surface area contributed by atoms with Crippen LogP contribution < -0.4 is 9.47 Å². The summed E-state index contributed by atoms with van der Waals surface area (Å²) >= 11 is 1.59. The van der Waals surface area contributed by atoms with Crippen LogP contribution in [0.5, 0.6) is 17.2 Å². The van der Waals surface area contributed by atoms with Crippen LogP contribution in [-0.2, 0) is 5.54 Å². The summed E-state index contributed by atoms with van der Waals surface area (Å²) in [6, 6.07) is 8.94. The van der Waals surface area contributed by atoms with Crippen molar-refractivity contribution in [1.82, 2.24) is 9.97 Å². The molecular formula is C20H14FN3O2S. The Balaban J connectivity index is 1.75. The molecule has 0 aliphatic carbocycles. The van der Waals surface area contributed by atoms with Gasteiger partial charge in [-0.15, -0.1) is 11.8 Å². The molecule has 0 radical (unpaired) electrons. The first-order valence-electron chi connectivity index (χ1n) is 8.32.